The molecule has 1 N–H and O–H groups in total. The smallest absolute Gasteiger partial charge is 0.0721 e. The first kappa shape index (κ1) is 17.7. The van der Waals surface area contributed by atoms with Crippen molar-refractivity contribution < 1.29 is 5.11 Å². The highest BCUT2D eigenvalue weighted by Gasteiger charge is 1.98. The number of rotatable bonds is 11. The zero-order valence-corrected chi connectivity index (χ0v) is 13.4. The molecule has 1 heteroatoms. The van der Waals surface area contributed by atoms with E-state index in [1.165, 1.54) is 37.7 Å². The van der Waals surface area contributed by atoms with E-state index < -0.39 is 0 Å². The third-order valence-corrected chi connectivity index (χ3v) is 3.59. The minimum absolute atomic E-state index is 0.277. The molecule has 1 aromatic carbocycles. The molecule has 1 aromatic rings. The van der Waals surface area contributed by atoms with Crippen LogP contribution in [0.15, 0.2) is 48.6 Å². The number of hydrogen-bond acceptors (Lipinski definition) is 1. The Morgan fingerprint density at radius 2 is 1.67 bits per heavy atom. The average Bonchev–Trinajstić information content (AvgIpc) is 2.51. The zero-order valence-electron chi connectivity index (χ0n) is 13.4. The van der Waals surface area contributed by atoms with Gasteiger partial charge >= 0.3 is 0 Å². The summed E-state index contributed by atoms with van der Waals surface area (Å²) in [5.74, 6) is 0. The lowest BCUT2D eigenvalue weighted by molar-refractivity contribution is 0.207. The van der Waals surface area contributed by atoms with Crippen LogP contribution in [0, 0.1) is 0 Å². The van der Waals surface area contributed by atoms with Gasteiger partial charge < -0.3 is 5.11 Å². The van der Waals surface area contributed by atoms with Crippen molar-refractivity contribution in [2.75, 3.05) is 0 Å². The third-order valence-electron chi connectivity index (χ3n) is 3.59. The van der Waals surface area contributed by atoms with Crippen LogP contribution in [-0.2, 0) is 0 Å². The second kappa shape index (κ2) is 12.4. The van der Waals surface area contributed by atoms with Crippen LogP contribution in [0.4, 0.5) is 0 Å². The Morgan fingerprint density at radius 1 is 0.952 bits per heavy atom. The molecular formula is C20H30O. The van der Waals surface area contributed by atoms with Gasteiger partial charge in [0.25, 0.3) is 0 Å². The number of aliphatic hydroxyl groups excluding tert-OH is 1. The van der Waals surface area contributed by atoms with E-state index in [0.29, 0.717) is 0 Å². The maximum absolute atomic E-state index is 9.86. The van der Waals surface area contributed by atoms with Gasteiger partial charge in [0.2, 0.25) is 0 Å². The van der Waals surface area contributed by atoms with Crippen molar-refractivity contribution in [2.45, 2.75) is 64.4 Å². The van der Waals surface area contributed by atoms with Crippen LogP contribution < -0.4 is 0 Å². The van der Waals surface area contributed by atoms with Gasteiger partial charge in [-0.15, -0.1) is 0 Å². The van der Waals surface area contributed by atoms with Crippen LogP contribution in [0.3, 0.4) is 0 Å². The van der Waals surface area contributed by atoms with Crippen LogP contribution >= 0.6 is 0 Å². The number of allylic oxidation sites excluding steroid dienone is 2. The summed E-state index contributed by atoms with van der Waals surface area (Å²) >= 11 is 0. The number of benzene rings is 1. The van der Waals surface area contributed by atoms with Crippen LogP contribution in [0.2, 0.25) is 0 Å². The maximum atomic E-state index is 9.86. The lowest BCUT2D eigenvalue weighted by Gasteiger charge is -2.05. The van der Waals surface area contributed by atoms with E-state index in [1.54, 1.807) is 0 Å². The molecule has 0 aliphatic heterocycles. The molecule has 21 heavy (non-hydrogen) atoms. The Bertz CT molecular complexity index is 392. The summed E-state index contributed by atoms with van der Waals surface area (Å²) in [4.78, 5) is 0. The van der Waals surface area contributed by atoms with Gasteiger partial charge in [0.1, 0.15) is 0 Å². The van der Waals surface area contributed by atoms with Gasteiger partial charge in [-0.05, 0) is 18.4 Å². The van der Waals surface area contributed by atoms with Gasteiger partial charge in [-0.2, -0.15) is 0 Å². The summed E-state index contributed by atoms with van der Waals surface area (Å²) in [5, 5.41) is 9.86. The van der Waals surface area contributed by atoms with Gasteiger partial charge in [-0.25, -0.2) is 0 Å². The molecular weight excluding hydrogens is 256 g/mol. The minimum atomic E-state index is -0.277. The predicted octanol–water partition coefficient (Wildman–Crippen LogP) is 5.76. The number of hydrogen-bond donors (Lipinski definition) is 1. The highest BCUT2D eigenvalue weighted by molar-refractivity contribution is 5.48. The Kier molecular flexibility index (Phi) is 10.5. The summed E-state index contributed by atoms with van der Waals surface area (Å²) in [7, 11) is 0. The van der Waals surface area contributed by atoms with E-state index in [-0.39, 0.29) is 6.10 Å². The van der Waals surface area contributed by atoms with Crippen LogP contribution in [0.25, 0.3) is 6.08 Å². The molecule has 0 bridgehead atoms. The van der Waals surface area contributed by atoms with E-state index >= 15 is 0 Å². The quantitative estimate of drug-likeness (QED) is 0.405. The molecule has 1 nitrogen and oxygen atoms in total. The van der Waals surface area contributed by atoms with Gasteiger partial charge in [0, 0.05) is 0 Å². The van der Waals surface area contributed by atoms with Gasteiger partial charge in [-0.1, -0.05) is 100 Å². The topological polar surface area (TPSA) is 20.2 Å². The average molecular weight is 286 g/mol. The summed E-state index contributed by atoms with van der Waals surface area (Å²) in [6.45, 7) is 2.24. The second-order valence-electron chi connectivity index (χ2n) is 5.60. The molecule has 1 rings (SSSR count). The predicted molar refractivity (Wildman–Crippen MR) is 93.2 cm³/mol. The monoisotopic (exact) mass is 286 g/mol. The van der Waals surface area contributed by atoms with Crippen molar-refractivity contribution in [1.29, 1.82) is 0 Å². The van der Waals surface area contributed by atoms with Crippen molar-refractivity contribution in [3.8, 4) is 0 Å². The number of aliphatic hydroxyl groups is 1. The van der Waals surface area contributed by atoms with Crippen molar-refractivity contribution in [3.05, 3.63) is 54.1 Å². The Balaban J connectivity index is 2.06. The molecule has 0 saturated heterocycles. The maximum Gasteiger partial charge on any atom is 0.0721 e. The first-order valence-corrected chi connectivity index (χ1v) is 8.39. The highest BCUT2D eigenvalue weighted by Crippen LogP contribution is 2.09. The number of unbranched alkanes of at least 4 members (excludes halogenated alkanes) is 5. The van der Waals surface area contributed by atoms with Gasteiger partial charge in [0.05, 0.1) is 6.10 Å². The molecule has 0 spiro atoms. The lowest BCUT2D eigenvalue weighted by atomic mass is 10.1. The standard InChI is InChI=1S/C20H30O/c1-2-3-4-5-6-12-17-20(21)18-13-8-11-16-19-14-9-7-10-15-19/h7,9-11,13-16,18,20-21H,2-6,8,12,17H2,1H3/b16-11+,18-13+/t20-/m0/s1. The van der Waals surface area contributed by atoms with E-state index in [4.69, 9.17) is 0 Å². The first-order chi connectivity index (χ1) is 10.3. The van der Waals surface area contributed by atoms with Crippen molar-refractivity contribution in [1.82, 2.24) is 0 Å². The normalized spacial score (nSPS) is 13.2. The van der Waals surface area contributed by atoms with Gasteiger partial charge in [-0.3, -0.25) is 0 Å². The molecule has 0 saturated carbocycles. The molecule has 0 heterocycles. The van der Waals surface area contributed by atoms with Crippen LogP contribution in [0.1, 0.15) is 63.9 Å². The summed E-state index contributed by atoms with van der Waals surface area (Å²) in [5.41, 5.74) is 1.22. The summed E-state index contributed by atoms with van der Waals surface area (Å²) in [6, 6.07) is 10.3. The molecule has 0 aliphatic carbocycles. The lowest BCUT2D eigenvalue weighted by Crippen LogP contribution is -2.01. The summed E-state index contributed by atoms with van der Waals surface area (Å²) < 4.78 is 0. The molecule has 0 unspecified atom stereocenters. The summed E-state index contributed by atoms with van der Waals surface area (Å²) in [6.07, 6.45) is 17.4. The fourth-order valence-electron chi connectivity index (χ4n) is 2.31. The van der Waals surface area contributed by atoms with Gasteiger partial charge in [0.15, 0.2) is 0 Å². The zero-order chi connectivity index (χ0) is 15.2. The van der Waals surface area contributed by atoms with E-state index in [2.05, 4.69) is 37.3 Å². The largest absolute Gasteiger partial charge is 0.389 e. The fraction of sp³-hybridized carbons (Fsp3) is 0.500. The molecule has 0 amide bonds. The van der Waals surface area contributed by atoms with E-state index in [1.807, 2.05) is 24.3 Å². The Hall–Kier alpha value is -1.34. The highest BCUT2D eigenvalue weighted by atomic mass is 16.3. The van der Waals surface area contributed by atoms with Crippen molar-refractivity contribution in [2.24, 2.45) is 0 Å². The first-order valence-electron chi connectivity index (χ1n) is 8.39. The van der Waals surface area contributed by atoms with Crippen LogP contribution in [0.5, 0.6) is 0 Å². The molecule has 0 aromatic heterocycles. The van der Waals surface area contributed by atoms with E-state index in [9.17, 15) is 5.11 Å². The second-order valence-corrected chi connectivity index (χ2v) is 5.60. The SMILES string of the molecule is CCCCCCCC[C@H](O)/C=C/C/C=C/c1ccccc1. The van der Waals surface area contributed by atoms with Crippen LogP contribution in [-0.4, -0.2) is 11.2 Å². The third kappa shape index (κ3) is 10.1. The molecule has 0 aliphatic rings. The van der Waals surface area contributed by atoms with Crippen molar-refractivity contribution in [3.63, 3.8) is 0 Å². The van der Waals surface area contributed by atoms with E-state index in [0.717, 1.165) is 19.3 Å². The molecule has 0 radical (unpaired) electrons. The molecule has 116 valence electrons. The molecule has 0 fully saturated rings. The fourth-order valence-corrected chi connectivity index (χ4v) is 2.31. The minimum Gasteiger partial charge on any atom is -0.389 e. The Morgan fingerprint density at radius 3 is 2.43 bits per heavy atom. The van der Waals surface area contributed by atoms with Crippen molar-refractivity contribution >= 4 is 6.08 Å². The Labute approximate surface area is 130 Å². The molecule has 1 atom stereocenters.